The van der Waals surface area contributed by atoms with Crippen LogP contribution in [0.15, 0.2) is 30.5 Å². The van der Waals surface area contributed by atoms with Crippen molar-refractivity contribution < 1.29 is 27.1 Å². The molecule has 1 aromatic heterocycles. The van der Waals surface area contributed by atoms with Gasteiger partial charge in [0, 0.05) is 6.20 Å². The van der Waals surface area contributed by atoms with Crippen LogP contribution in [0.25, 0.3) is 10.4 Å². The molecule has 0 bridgehead atoms. The second-order valence-electron chi connectivity index (χ2n) is 11.1. The van der Waals surface area contributed by atoms with E-state index in [0.29, 0.717) is 28.8 Å². The van der Waals surface area contributed by atoms with E-state index in [1.165, 1.54) is 13.8 Å². The van der Waals surface area contributed by atoms with E-state index in [4.69, 9.17) is 9.16 Å². The van der Waals surface area contributed by atoms with Gasteiger partial charge in [0.1, 0.15) is 23.5 Å². The van der Waals surface area contributed by atoms with Gasteiger partial charge < -0.3 is 14.1 Å². The molecule has 0 spiro atoms. The highest BCUT2D eigenvalue weighted by Crippen LogP contribution is 2.44. The van der Waals surface area contributed by atoms with Crippen LogP contribution in [0.3, 0.4) is 0 Å². The summed E-state index contributed by atoms with van der Waals surface area (Å²) in [5, 5.41) is 0.914. The molecule has 37 heavy (non-hydrogen) atoms. The van der Waals surface area contributed by atoms with Crippen LogP contribution in [-0.2, 0) is 20.6 Å². The van der Waals surface area contributed by atoms with Crippen LogP contribution in [0, 0.1) is 0 Å². The quantitative estimate of drug-likeness (QED) is 0.281. The van der Waals surface area contributed by atoms with Gasteiger partial charge in [0.25, 0.3) is 5.91 Å². The van der Waals surface area contributed by atoms with Gasteiger partial charge in [-0.3, -0.25) is 4.79 Å². The summed E-state index contributed by atoms with van der Waals surface area (Å²) in [5.74, 6) is -1.43. The van der Waals surface area contributed by atoms with E-state index in [9.17, 15) is 18.0 Å². The first kappa shape index (κ1) is 29.8. The minimum Gasteiger partial charge on any atom is -0.409 e. The van der Waals surface area contributed by atoms with Crippen molar-refractivity contribution in [3.8, 4) is 10.4 Å². The molecule has 1 amide bonds. The van der Waals surface area contributed by atoms with E-state index in [1.807, 2.05) is 18.3 Å². The Labute approximate surface area is 223 Å². The molecular weight excluding hydrogens is 517 g/mol. The number of thiazole rings is 1. The smallest absolute Gasteiger partial charge is 0.315 e. The Balaban J connectivity index is 1.77. The van der Waals surface area contributed by atoms with Gasteiger partial charge in [0.2, 0.25) is 8.32 Å². The van der Waals surface area contributed by atoms with Crippen molar-refractivity contribution in [2.45, 2.75) is 103 Å². The molecule has 1 fully saturated rings. The highest BCUT2D eigenvalue weighted by atomic mass is 32.1. The van der Waals surface area contributed by atoms with Crippen LogP contribution in [0.4, 0.5) is 13.2 Å². The van der Waals surface area contributed by atoms with Crippen LogP contribution in [-0.4, -0.2) is 49.0 Å². The number of nitrogens with zero attached hydrogens (tertiary/aromatic N) is 2. The molecule has 2 atom stereocenters. The van der Waals surface area contributed by atoms with E-state index < -0.39 is 45.2 Å². The minimum atomic E-state index is -3.23. The number of carbonyl (C=O) groups excluding carboxylic acids is 1. The lowest BCUT2D eigenvalue weighted by atomic mass is 10.0. The Morgan fingerprint density at radius 2 is 1.68 bits per heavy atom. The topological polar surface area (TPSA) is 51.7 Å². The van der Waals surface area contributed by atoms with Crippen molar-refractivity contribution in [1.29, 1.82) is 0 Å². The number of benzene rings is 1. The lowest BCUT2D eigenvalue weighted by Crippen LogP contribution is -2.51. The van der Waals surface area contributed by atoms with Crippen molar-refractivity contribution >= 4 is 25.6 Å². The highest BCUT2D eigenvalue weighted by molar-refractivity contribution is 7.15. The van der Waals surface area contributed by atoms with Crippen LogP contribution < -0.4 is 0 Å². The molecule has 0 aliphatic carbocycles. The highest BCUT2D eigenvalue weighted by Gasteiger charge is 2.52. The predicted octanol–water partition coefficient (Wildman–Crippen LogP) is 7.74. The van der Waals surface area contributed by atoms with Gasteiger partial charge in [0.05, 0.1) is 17.5 Å². The Kier molecular flexibility index (Phi) is 9.30. The van der Waals surface area contributed by atoms with E-state index >= 15 is 0 Å². The SMILES string of the molecule is CC(C)[Si](OCc1ncc(-c2ccc(C3OC(C)(C)N(C(=O)C(F)F)C3CF)cc2)s1)(C(C)C)C(C)C. The molecule has 2 heterocycles. The number of alkyl halides is 3. The summed E-state index contributed by atoms with van der Waals surface area (Å²) in [6, 6.07) is 6.22. The fourth-order valence-corrected chi connectivity index (χ4v) is 12.3. The summed E-state index contributed by atoms with van der Waals surface area (Å²) in [6.45, 7) is 16.0. The summed E-state index contributed by atoms with van der Waals surface area (Å²) in [4.78, 5) is 18.5. The fraction of sp³-hybridized carbons (Fsp3) is 0.630. The molecule has 0 N–H and O–H groups in total. The summed E-state index contributed by atoms with van der Waals surface area (Å²) in [6.07, 6.45) is -2.25. The second-order valence-corrected chi connectivity index (χ2v) is 17.6. The number of hydrogen-bond donors (Lipinski definition) is 0. The number of carbonyl (C=O) groups is 1. The van der Waals surface area contributed by atoms with Crippen molar-refractivity contribution in [2.24, 2.45) is 0 Å². The zero-order chi connectivity index (χ0) is 27.7. The molecule has 1 aliphatic rings. The van der Waals surface area contributed by atoms with Gasteiger partial charge in [-0.25, -0.2) is 9.37 Å². The zero-order valence-electron chi connectivity index (χ0n) is 22.9. The molecule has 206 valence electrons. The second kappa shape index (κ2) is 11.6. The molecular formula is C27H39F3N2O3SSi. The zero-order valence-corrected chi connectivity index (χ0v) is 24.7. The molecule has 3 rings (SSSR count). The first-order valence-corrected chi connectivity index (χ1v) is 15.8. The Bertz CT molecular complexity index is 1040. The van der Waals surface area contributed by atoms with Crippen LogP contribution in [0.1, 0.15) is 72.1 Å². The van der Waals surface area contributed by atoms with Crippen molar-refractivity contribution in [1.82, 2.24) is 9.88 Å². The molecule has 2 unspecified atom stereocenters. The van der Waals surface area contributed by atoms with Crippen molar-refractivity contribution in [3.05, 3.63) is 41.0 Å². The largest absolute Gasteiger partial charge is 0.409 e. The first-order valence-electron chi connectivity index (χ1n) is 12.8. The average molecular weight is 557 g/mol. The Morgan fingerprint density at radius 3 is 2.16 bits per heavy atom. The molecule has 1 aliphatic heterocycles. The van der Waals surface area contributed by atoms with Crippen molar-refractivity contribution in [2.75, 3.05) is 6.67 Å². The maximum Gasteiger partial charge on any atom is 0.315 e. The van der Waals surface area contributed by atoms with Crippen LogP contribution in [0.2, 0.25) is 16.6 Å². The molecule has 0 radical (unpaired) electrons. The number of hydrogen-bond acceptors (Lipinski definition) is 5. The maximum absolute atomic E-state index is 14.0. The molecule has 0 saturated carbocycles. The molecule has 5 nitrogen and oxygen atoms in total. The van der Waals surface area contributed by atoms with Crippen LogP contribution in [0.5, 0.6) is 0 Å². The summed E-state index contributed by atoms with van der Waals surface area (Å²) in [5.41, 5.74) is 1.67. The summed E-state index contributed by atoms with van der Waals surface area (Å²) < 4.78 is 52.9. The Hall–Kier alpha value is -1.75. The van der Waals surface area contributed by atoms with Gasteiger partial charge in [-0.2, -0.15) is 8.78 Å². The predicted molar refractivity (Wildman–Crippen MR) is 144 cm³/mol. The number of halogens is 3. The number of amides is 1. The molecule has 1 saturated heterocycles. The number of aromatic nitrogens is 1. The average Bonchev–Trinajstić information content (AvgIpc) is 3.39. The number of ether oxygens (including phenoxy) is 1. The van der Waals surface area contributed by atoms with Gasteiger partial charge in [0.15, 0.2) is 0 Å². The molecule has 1 aromatic carbocycles. The lowest BCUT2D eigenvalue weighted by Gasteiger charge is -2.41. The van der Waals surface area contributed by atoms with Gasteiger partial charge in [-0.05, 0) is 41.6 Å². The third kappa shape index (κ3) is 5.82. The minimum absolute atomic E-state index is 0.487. The van der Waals surface area contributed by atoms with E-state index in [2.05, 4.69) is 46.5 Å². The van der Waals surface area contributed by atoms with Gasteiger partial charge in [-0.15, -0.1) is 11.3 Å². The van der Waals surface area contributed by atoms with Gasteiger partial charge in [-0.1, -0.05) is 65.8 Å². The van der Waals surface area contributed by atoms with Crippen LogP contribution >= 0.6 is 11.3 Å². The molecule has 10 heteroatoms. The third-order valence-electron chi connectivity index (χ3n) is 7.49. The van der Waals surface area contributed by atoms with E-state index in [-0.39, 0.29) is 0 Å². The summed E-state index contributed by atoms with van der Waals surface area (Å²) in [7, 11) is -2.00. The normalized spacial score (nSPS) is 20.1. The fourth-order valence-electron chi connectivity index (χ4n) is 5.99. The third-order valence-corrected chi connectivity index (χ3v) is 14.6. The van der Waals surface area contributed by atoms with E-state index in [0.717, 1.165) is 20.3 Å². The first-order chi connectivity index (χ1) is 17.3. The Morgan fingerprint density at radius 1 is 1.11 bits per heavy atom. The van der Waals surface area contributed by atoms with Gasteiger partial charge >= 0.3 is 6.43 Å². The summed E-state index contributed by atoms with van der Waals surface area (Å²) >= 11 is 1.57. The lowest BCUT2D eigenvalue weighted by molar-refractivity contribution is -0.159. The number of rotatable bonds is 10. The molecule has 2 aromatic rings. The maximum atomic E-state index is 14.0. The van der Waals surface area contributed by atoms with E-state index in [1.54, 1.807) is 23.5 Å². The van der Waals surface area contributed by atoms with Crippen molar-refractivity contribution in [3.63, 3.8) is 0 Å². The standard InChI is InChI=1S/C27H39F3N2O3SSi/c1-16(2)37(17(3)4,18(5)6)34-15-23-31-14-22(36-23)19-9-11-20(12-10-19)24-21(13-28)32(26(33)25(29)30)27(7,8)35-24/h9-12,14,16-18,21,24-25H,13,15H2,1-8H3. The monoisotopic (exact) mass is 556 g/mol.